The second-order valence-electron chi connectivity index (χ2n) is 6.88. The van der Waals surface area contributed by atoms with Gasteiger partial charge in [-0.15, -0.1) is 11.3 Å². The summed E-state index contributed by atoms with van der Waals surface area (Å²) >= 11 is 1.90. The number of aryl methyl sites for hydroxylation is 1. The van der Waals surface area contributed by atoms with Gasteiger partial charge in [-0.25, -0.2) is 0 Å². The Hall–Kier alpha value is -0.380. The molecule has 1 aliphatic rings. The molecule has 1 fully saturated rings. The van der Waals surface area contributed by atoms with E-state index in [-0.39, 0.29) is 0 Å². The van der Waals surface area contributed by atoms with Gasteiger partial charge in [0.05, 0.1) is 6.04 Å². The van der Waals surface area contributed by atoms with Gasteiger partial charge < -0.3 is 5.73 Å². The van der Waals surface area contributed by atoms with E-state index in [1.807, 2.05) is 11.3 Å². The maximum absolute atomic E-state index is 6.03. The SMILES string of the molecule is Cc1ccc(C(CN)N2CCC(C(C)(C)C)CC2)s1. The highest BCUT2D eigenvalue weighted by atomic mass is 32.1. The van der Waals surface area contributed by atoms with Crippen molar-refractivity contribution in [2.75, 3.05) is 19.6 Å². The van der Waals surface area contributed by atoms with Gasteiger partial charge in [-0.1, -0.05) is 20.8 Å². The van der Waals surface area contributed by atoms with Crippen LogP contribution in [0.3, 0.4) is 0 Å². The summed E-state index contributed by atoms with van der Waals surface area (Å²) in [5.74, 6) is 0.854. The second kappa shape index (κ2) is 5.94. The zero-order valence-electron chi connectivity index (χ0n) is 12.8. The largest absolute Gasteiger partial charge is 0.329 e. The Morgan fingerprint density at radius 3 is 2.37 bits per heavy atom. The van der Waals surface area contributed by atoms with Crippen LogP contribution < -0.4 is 5.73 Å². The lowest BCUT2D eigenvalue weighted by atomic mass is 9.75. The van der Waals surface area contributed by atoms with Gasteiger partial charge in [0.1, 0.15) is 0 Å². The van der Waals surface area contributed by atoms with Gasteiger partial charge in [0.2, 0.25) is 0 Å². The van der Waals surface area contributed by atoms with Crippen molar-refractivity contribution < 1.29 is 0 Å². The fourth-order valence-corrected chi connectivity index (χ4v) is 4.18. The van der Waals surface area contributed by atoms with Gasteiger partial charge in [-0.05, 0) is 56.3 Å². The maximum Gasteiger partial charge on any atom is 0.0564 e. The summed E-state index contributed by atoms with van der Waals surface area (Å²) < 4.78 is 0. The molecule has 108 valence electrons. The van der Waals surface area contributed by atoms with Crippen molar-refractivity contribution in [1.29, 1.82) is 0 Å². The van der Waals surface area contributed by atoms with E-state index in [0.717, 1.165) is 12.5 Å². The average molecular weight is 280 g/mol. The van der Waals surface area contributed by atoms with E-state index in [2.05, 4.69) is 44.7 Å². The van der Waals surface area contributed by atoms with Crippen molar-refractivity contribution in [3.63, 3.8) is 0 Å². The lowest BCUT2D eigenvalue weighted by Gasteiger charge is -2.41. The second-order valence-corrected chi connectivity index (χ2v) is 8.20. The van der Waals surface area contributed by atoms with E-state index in [1.54, 1.807) is 0 Å². The van der Waals surface area contributed by atoms with Crippen molar-refractivity contribution >= 4 is 11.3 Å². The number of hydrogen-bond acceptors (Lipinski definition) is 3. The molecule has 0 spiro atoms. The van der Waals surface area contributed by atoms with Crippen LogP contribution in [0.5, 0.6) is 0 Å². The first-order valence-corrected chi connectivity index (χ1v) is 8.24. The average Bonchev–Trinajstić information content (AvgIpc) is 2.76. The summed E-state index contributed by atoms with van der Waals surface area (Å²) in [5.41, 5.74) is 6.48. The number of nitrogens with zero attached hydrogens (tertiary/aromatic N) is 1. The molecule has 2 N–H and O–H groups in total. The van der Waals surface area contributed by atoms with Gasteiger partial charge in [-0.3, -0.25) is 4.90 Å². The lowest BCUT2D eigenvalue weighted by molar-refractivity contribution is 0.0857. The zero-order valence-corrected chi connectivity index (χ0v) is 13.6. The monoisotopic (exact) mass is 280 g/mol. The highest BCUT2D eigenvalue weighted by molar-refractivity contribution is 7.12. The number of rotatable bonds is 3. The summed E-state index contributed by atoms with van der Waals surface area (Å²) in [4.78, 5) is 5.42. The van der Waals surface area contributed by atoms with Crippen LogP contribution in [0, 0.1) is 18.3 Å². The maximum atomic E-state index is 6.03. The van der Waals surface area contributed by atoms with E-state index in [1.165, 1.54) is 35.7 Å². The van der Waals surface area contributed by atoms with Crippen LogP contribution in [-0.4, -0.2) is 24.5 Å². The third kappa shape index (κ3) is 3.59. The first-order chi connectivity index (χ1) is 8.91. The topological polar surface area (TPSA) is 29.3 Å². The molecule has 2 rings (SSSR count). The molecule has 3 heteroatoms. The number of nitrogens with two attached hydrogens (primary N) is 1. The van der Waals surface area contributed by atoms with Gasteiger partial charge >= 0.3 is 0 Å². The Morgan fingerprint density at radius 1 is 1.32 bits per heavy atom. The van der Waals surface area contributed by atoms with E-state index >= 15 is 0 Å². The molecule has 1 aliphatic heterocycles. The Morgan fingerprint density at radius 2 is 1.95 bits per heavy atom. The molecule has 0 aromatic carbocycles. The lowest BCUT2D eigenvalue weighted by Crippen LogP contribution is -2.42. The normalized spacial score (nSPS) is 20.7. The fraction of sp³-hybridized carbons (Fsp3) is 0.750. The molecule has 1 atom stereocenters. The van der Waals surface area contributed by atoms with Crippen LogP contribution in [-0.2, 0) is 0 Å². The highest BCUT2D eigenvalue weighted by Crippen LogP contribution is 2.37. The summed E-state index contributed by atoms with van der Waals surface area (Å²) in [6.45, 7) is 12.4. The van der Waals surface area contributed by atoms with Crippen LogP contribution in [0.1, 0.15) is 49.4 Å². The predicted molar refractivity (Wildman–Crippen MR) is 84.6 cm³/mol. The van der Waals surface area contributed by atoms with E-state index in [9.17, 15) is 0 Å². The van der Waals surface area contributed by atoms with Gasteiger partial charge in [0.15, 0.2) is 0 Å². The summed E-state index contributed by atoms with van der Waals surface area (Å²) in [5, 5.41) is 0. The molecule has 0 aliphatic carbocycles. The summed E-state index contributed by atoms with van der Waals surface area (Å²) in [7, 11) is 0. The van der Waals surface area contributed by atoms with Crippen molar-refractivity contribution in [2.45, 2.75) is 46.6 Å². The highest BCUT2D eigenvalue weighted by Gasteiger charge is 2.31. The van der Waals surface area contributed by atoms with Crippen molar-refractivity contribution in [3.05, 3.63) is 21.9 Å². The molecule has 0 bridgehead atoms. The van der Waals surface area contributed by atoms with Gasteiger partial charge in [0, 0.05) is 16.3 Å². The molecular formula is C16H28N2S. The van der Waals surface area contributed by atoms with Gasteiger partial charge in [-0.2, -0.15) is 0 Å². The summed E-state index contributed by atoms with van der Waals surface area (Å²) in [6.07, 6.45) is 2.62. The van der Waals surface area contributed by atoms with E-state index < -0.39 is 0 Å². The molecule has 1 unspecified atom stereocenters. The fourth-order valence-electron chi connectivity index (χ4n) is 3.15. The number of likely N-dealkylation sites (tertiary alicyclic amines) is 1. The Kier molecular flexibility index (Phi) is 4.70. The minimum Gasteiger partial charge on any atom is -0.329 e. The number of hydrogen-bond donors (Lipinski definition) is 1. The predicted octanol–water partition coefficient (Wildman–Crippen LogP) is 3.81. The van der Waals surface area contributed by atoms with Crippen molar-refractivity contribution in [2.24, 2.45) is 17.1 Å². The smallest absolute Gasteiger partial charge is 0.0564 e. The zero-order chi connectivity index (χ0) is 14.0. The molecule has 1 saturated heterocycles. The Labute approximate surface area is 122 Å². The molecule has 2 heterocycles. The molecule has 0 amide bonds. The van der Waals surface area contributed by atoms with E-state index in [4.69, 9.17) is 5.73 Å². The van der Waals surface area contributed by atoms with Crippen LogP contribution in [0.15, 0.2) is 12.1 Å². The van der Waals surface area contributed by atoms with Crippen LogP contribution >= 0.6 is 11.3 Å². The Balaban J connectivity index is 1.99. The summed E-state index contributed by atoms with van der Waals surface area (Å²) in [6, 6.07) is 4.90. The molecule has 0 saturated carbocycles. The van der Waals surface area contributed by atoms with E-state index in [0.29, 0.717) is 11.5 Å². The van der Waals surface area contributed by atoms with Crippen LogP contribution in [0.4, 0.5) is 0 Å². The van der Waals surface area contributed by atoms with Crippen LogP contribution in [0.2, 0.25) is 0 Å². The Bertz CT molecular complexity index is 397. The number of thiophene rings is 1. The van der Waals surface area contributed by atoms with Gasteiger partial charge in [0.25, 0.3) is 0 Å². The minimum atomic E-state index is 0.430. The third-order valence-electron chi connectivity index (χ3n) is 4.51. The number of piperidine rings is 1. The molecular weight excluding hydrogens is 252 g/mol. The molecule has 1 aromatic heterocycles. The molecule has 2 nitrogen and oxygen atoms in total. The third-order valence-corrected chi connectivity index (χ3v) is 5.61. The van der Waals surface area contributed by atoms with Crippen molar-refractivity contribution in [1.82, 2.24) is 4.90 Å². The quantitative estimate of drug-likeness (QED) is 0.912. The molecule has 19 heavy (non-hydrogen) atoms. The first kappa shape index (κ1) is 15.0. The molecule has 1 aromatic rings. The minimum absolute atomic E-state index is 0.430. The first-order valence-electron chi connectivity index (χ1n) is 7.42. The standard InChI is InChI=1S/C16H28N2S/c1-12-5-6-15(19-12)14(11-17)18-9-7-13(8-10-18)16(2,3)4/h5-6,13-14H,7-11,17H2,1-4H3. The molecule has 0 radical (unpaired) electrons. The van der Waals surface area contributed by atoms with Crippen molar-refractivity contribution in [3.8, 4) is 0 Å². The van der Waals surface area contributed by atoms with Crippen LogP contribution in [0.25, 0.3) is 0 Å².